The number of hydrogen-bond acceptors (Lipinski definition) is 4. The van der Waals surface area contributed by atoms with E-state index < -0.39 is 35.6 Å². The van der Waals surface area contributed by atoms with Crippen molar-refractivity contribution >= 4 is 28.7 Å². The van der Waals surface area contributed by atoms with Crippen molar-refractivity contribution in [3.63, 3.8) is 0 Å². The van der Waals surface area contributed by atoms with Crippen LogP contribution in [0.1, 0.15) is 40.2 Å². The van der Waals surface area contributed by atoms with Gasteiger partial charge in [-0.15, -0.1) is 0 Å². The van der Waals surface area contributed by atoms with E-state index in [1.54, 1.807) is 0 Å². The number of carbonyl (C=O) groups excluding carboxylic acids is 1. The number of ether oxygens (including phenoxy) is 1. The molecule has 5 nitrogen and oxygen atoms in total. The predicted molar refractivity (Wildman–Crippen MR) is 127 cm³/mol. The molecule has 0 saturated carbocycles. The predicted octanol–water partition coefficient (Wildman–Crippen LogP) is 6.83. The summed E-state index contributed by atoms with van der Waals surface area (Å²) < 4.78 is 68.3. The average molecular weight is 522 g/mol. The minimum absolute atomic E-state index is 0.0233. The van der Waals surface area contributed by atoms with E-state index in [2.05, 4.69) is 4.74 Å². The van der Waals surface area contributed by atoms with Gasteiger partial charge < -0.3 is 9.15 Å². The van der Waals surface area contributed by atoms with Crippen LogP contribution in [0.4, 0.5) is 17.6 Å². The number of aromatic nitrogens is 1. The van der Waals surface area contributed by atoms with Gasteiger partial charge in [-0.05, 0) is 52.9 Å². The molecule has 4 rings (SSSR count). The summed E-state index contributed by atoms with van der Waals surface area (Å²) in [6, 6.07) is 12.0. The van der Waals surface area contributed by atoms with Crippen molar-refractivity contribution in [1.82, 2.24) is 4.57 Å². The molecule has 0 saturated heterocycles. The van der Waals surface area contributed by atoms with Crippen molar-refractivity contribution < 1.29 is 31.5 Å². The van der Waals surface area contributed by atoms with E-state index in [0.717, 1.165) is 10.6 Å². The van der Waals surface area contributed by atoms with Gasteiger partial charge >= 0.3 is 17.9 Å². The number of benzene rings is 3. The molecule has 2 atom stereocenters. The number of carbonyl (C=O) groups is 1. The number of methoxy groups -OCH3 is 1. The Morgan fingerprint density at radius 3 is 2.42 bits per heavy atom. The highest BCUT2D eigenvalue weighted by Crippen LogP contribution is 2.47. The molecule has 2 unspecified atom stereocenters. The van der Waals surface area contributed by atoms with Gasteiger partial charge in [0.15, 0.2) is 5.58 Å². The minimum atomic E-state index is -4.63. The molecule has 0 aliphatic heterocycles. The third-order valence-electron chi connectivity index (χ3n) is 6.22. The van der Waals surface area contributed by atoms with Gasteiger partial charge in [0.05, 0.1) is 24.1 Å². The molecule has 0 spiro atoms. The second-order valence-electron chi connectivity index (χ2n) is 8.38. The van der Waals surface area contributed by atoms with E-state index in [9.17, 15) is 27.2 Å². The molecule has 10 heteroatoms. The van der Waals surface area contributed by atoms with E-state index >= 15 is 0 Å². The summed E-state index contributed by atoms with van der Waals surface area (Å²) in [7, 11) is 2.59. The fourth-order valence-corrected chi connectivity index (χ4v) is 4.69. The Morgan fingerprint density at radius 2 is 1.81 bits per heavy atom. The standard InChI is InChI=1S/C26H20ClF4NO4/c1-13(23(26(29,30)31)15-6-9-22-21(12-15)32(2)25(34)36-22)17-7-4-14(10-19(17)27)18-8-5-16(11-20(18)28)24(33)35-3/h4-13,23H,1-3H3. The fourth-order valence-electron chi connectivity index (χ4n) is 4.34. The lowest BCUT2D eigenvalue weighted by atomic mass is 9.81. The summed E-state index contributed by atoms with van der Waals surface area (Å²) in [4.78, 5) is 23.4. The molecule has 188 valence electrons. The molecule has 0 radical (unpaired) electrons. The van der Waals surface area contributed by atoms with Crippen LogP contribution in [0.3, 0.4) is 0 Å². The second kappa shape index (κ2) is 9.46. The summed E-state index contributed by atoms with van der Waals surface area (Å²) in [6.07, 6.45) is -4.63. The molecule has 0 amide bonds. The molecule has 0 aliphatic carbocycles. The number of rotatable bonds is 5. The zero-order chi connectivity index (χ0) is 26.4. The maximum atomic E-state index is 14.7. The number of alkyl halides is 3. The first-order valence-corrected chi connectivity index (χ1v) is 11.1. The zero-order valence-electron chi connectivity index (χ0n) is 19.3. The van der Waals surface area contributed by atoms with Gasteiger partial charge in [-0.2, -0.15) is 13.2 Å². The Labute approximate surface area is 207 Å². The molecule has 3 aromatic carbocycles. The third kappa shape index (κ3) is 4.63. The van der Waals surface area contributed by atoms with Crippen molar-refractivity contribution in [2.75, 3.05) is 7.11 Å². The number of halogens is 5. The number of hydrogen-bond donors (Lipinski definition) is 0. The van der Waals surface area contributed by atoms with Crippen molar-refractivity contribution in [1.29, 1.82) is 0 Å². The molecule has 1 aromatic heterocycles. The van der Waals surface area contributed by atoms with Crippen molar-refractivity contribution in [3.05, 3.63) is 92.7 Å². The largest absolute Gasteiger partial charge is 0.465 e. The van der Waals surface area contributed by atoms with Gasteiger partial charge in [-0.25, -0.2) is 14.0 Å². The Hall–Kier alpha value is -3.59. The van der Waals surface area contributed by atoms with Crippen LogP contribution < -0.4 is 5.76 Å². The van der Waals surface area contributed by atoms with Gasteiger partial charge in [-0.1, -0.05) is 42.8 Å². The third-order valence-corrected chi connectivity index (χ3v) is 6.55. The lowest BCUT2D eigenvalue weighted by Crippen LogP contribution is -2.26. The SMILES string of the molecule is COC(=O)c1ccc(-c2ccc(C(C)C(c3ccc4oc(=O)n(C)c4c3)C(F)(F)F)c(Cl)c2)c(F)c1. The van der Waals surface area contributed by atoms with E-state index in [-0.39, 0.29) is 38.4 Å². The minimum Gasteiger partial charge on any atom is -0.465 e. The first-order chi connectivity index (χ1) is 16.9. The second-order valence-corrected chi connectivity index (χ2v) is 8.79. The van der Waals surface area contributed by atoms with E-state index in [0.29, 0.717) is 5.56 Å². The number of fused-ring (bicyclic) bond motifs is 1. The summed E-state index contributed by atoms with van der Waals surface area (Å²) in [5, 5.41) is 0.0301. The molecule has 0 fully saturated rings. The lowest BCUT2D eigenvalue weighted by molar-refractivity contribution is -0.154. The number of nitrogens with zero attached hydrogens (tertiary/aromatic N) is 1. The van der Waals surface area contributed by atoms with Crippen LogP contribution in [0.25, 0.3) is 22.2 Å². The summed E-state index contributed by atoms with van der Waals surface area (Å²) in [5.74, 6) is -5.13. The maximum absolute atomic E-state index is 14.7. The van der Waals surface area contributed by atoms with Crippen molar-refractivity contribution in [3.8, 4) is 11.1 Å². The van der Waals surface area contributed by atoms with Crippen LogP contribution >= 0.6 is 11.6 Å². The maximum Gasteiger partial charge on any atom is 0.419 e. The van der Waals surface area contributed by atoms with Gasteiger partial charge in [0.2, 0.25) is 0 Å². The van der Waals surface area contributed by atoms with Crippen LogP contribution in [0.2, 0.25) is 5.02 Å². The van der Waals surface area contributed by atoms with Gasteiger partial charge in [0, 0.05) is 17.6 Å². The molecule has 0 N–H and O–H groups in total. The Morgan fingerprint density at radius 1 is 1.08 bits per heavy atom. The van der Waals surface area contributed by atoms with Gasteiger partial charge in [-0.3, -0.25) is 4.57 Å². The number of aryl methyl sites for hydroxylation is 1. The van der Waals surface area contributed by atoms with Crippen LogP contribution in [-0.4, -0.2) is 23.8 Å². The monoisotopic (exact) mass is 521 g/mol. The van der Waals surface area contributed by atoms with Crippen LogP contribution in [-0.2, 0) is 11.8 Å². The highest BCUT2D eigenvalue weighted by Gasteiger charge is 2.45. The lowest BCUT2D eigenvalue weighted by Gasteiger charge is -2.28. The summed E-state index contributed by atoms with van der Waals surface area (Å²) in [5.41, 5.74) is 1.08. The molecular weight excluding hydrogens is 502 g/mol. The molecular formula is C26H20ClF4NO4. The molecule has 1 heterocycles. The molecule has 0 aliphatic rings. The van der Waals surface area contributed by atoms with Crippen LogP contribution in [0.5, 0.6) is 0 Å². The quantitative estimate of drug-likeness (QED) is 0.213. The highest BCUT2D eigenvalue weighted by molar-refractivity contribution is 6.31. The van der Waals surface area contributed by atoms with E-state index in [4.69, 9.17) is 16.0 Å². The number of oxazole rings is 1. The Bertz CT molecular complexity index is 1520. The Kier molecular flexibility index (Phi) is 6.70. The van der Waals surface area contributed by atoms with Crippen molar-refractivity contribution in [2.24, 2.45) is 7.05 Å². The smallest absolute Gasteiger partial charge is 0.419 e. The first-order valence-electron chi connectivity index (χ1n) is 10.8. The van der Waals surface area contributed by atoms with E-state index in [1.807, 2.05) is 0 Å². The average Bonchev–Trinajstić information content (AvgIpc) is 3.10. The first kappa shape index (κ1) is 25.5. The normalized spacial score (nSPS) is 13.6. The van der Waals surface area contributed by atoms with E-state index in [1.165, 1.54) is 69.6 Å². The van der Waals surface area contributed by atoms with Crippen molar-refractivity contribution in [2.45, 2.75) is 24.9 Å². The summed E-state index contributed by atoms with van der Waals surface area (Å²) >= 11 is 6.41. The topological polar surface area (TPSA) is 61.4 Å². The fraction of sp³-hybridized carbons (Fsp3) is 0.231. The Balaban J connectivity index is 1.73. The molecule has 4 aromatic rings. The van der Waals surface area contributed by atoms with Crippen LogP contribution in [0.15, 0.2) is 63.8 Å². The molecule has 36 heavy (non-hydrogen) atoms. The number of esters is 1. The molecule has 0 bridgehead atoms. The van der Waals surface area contributed by atoms with Gasteiger partial charge in [0.25, 0.3) is 0 Å². The highest BCUT2D eigenvalue weighted by atomic mass is 35.5. The summed E-state index contributed by atoms with van der Waals surface area (Å²) in [6.45, 7) is 1.41. The van der Waals surface area contributed by atoms with Gasteiger partial charge in [0.1, 0.15) is 5.82 Å². The zero-order valence-corrected chi connectivity index (χ0v) is 20.1. The van der Waals surface area contributed by atoms with Crippen LogP contribution in [0, 0.1) is 5.82 Å².